The first-order valence-electron chi connectivity index (χ1n) is 6.21. The molecule has 0 aromatic heterocycles. The van der Waals surface area contributed by atoms with E-state index in [-0.39, 0.29) is 11.3 Å². The van der Waals surface area contributed by atoms with E-state index in [0.29, 0.717) is 11.6 Å². The largest absolute Gasteiger partial charge is 0.385 e. The minimum absolute atomic E-state index is 0.0848. The fourth-order valence-corrected chi connectivity index (χ4v) is 2.10. The van der Waals surface area contributed by atoms with E-state index < -0.39 is 4.92 Å². The van der Waals surface area contributed by atoms with Crippen LogP contribution in [0.4, 0.5) is 11.4 Å². The topological polar surface area (TPSA) is 88.2 Å². The van der Waals surface area contributed by atoms with Crippen molar-refractivity contribution in [1.29, 1.82) is 5.26 Å². The van der Waals surface area contributed by atoms with Gasteiger partial charge in [-0.3, -0.25) is 10.1 Å². The molecule has 0 spiro atoms. The Morgan fingerprint density at radius 3 is 2.84 bits per heavy atom. The Labute approximate surface area is 111 Å². The summed E-state index contributed by atoms with van der Waals surface area (Å²) in [4.78, 5) is 10.3. The standard InChI is InChI=1S/C13H15N3O3/c14-8-11-1-2-12(7-13(11)16(17)18)15-9-10-3-5-19-6-4-10/h1-2,7,10,15H,3-6,9H2. The summed E-state index contributed by atoms with van der Waals surface area (Å²) in [7, 11) is 0. The average Bonchev–Trinajstić information content (AvgIpc) is 2.46. The summed E-state index contributed by atoms with van der Waals surface area (Å²) in [5.74, 6) is 0.531. The van der Waals surface area contributed by atoms with Crippen LogP contribution in [0.1, 0.15) is 18.4 Å². The normalized spacial score (nSPS) is 15.7. The minimum atomic E-state index is -0.530. The zero-order chi connectivity index (χ0) is 13.7. The third-order valence-corrected chi connectivity index (χ3v) is 3.25. The van der Waals surface area contributed by atoms with Crippen LogP contribution in [0.2, 0.25) is 0 Å². The van der Waals surface area contributed by atoms with Crippen molar-refractivity contribution in [3.8, 4) is 6.07 Å². The number of rotatable bonds is 4. The maximum absolute atomic E-state index is 10.8. The number of anilines is 1. The van der Waals surface area contributed by atoms with Gasteiger partial charge in [-0.25, -0.2) is 0 Å². The van der Waals surface area contributed by atoms with Crippen LogP contribution < -0.4 is 5.32 Å². The Balaban J connectivity index is 2.02. The van der Waals surface area contributed by atoms with Crippen LogP contribution in [0.15, 0.2) is 18.2 Å². The number of hydrogen-bond donors (Lipinski definition) is 1. The molecular formula is C13H15N3O3. The molecule has 1 aliphatic heterocycles. The van der Waals surface area contributed by atoms with Gasteiger partial charge in [0.1, 0.15) is 11.6 Å². The fraction of sp³-hybridized carbons (Fsp3) is 0.462. The van der Waals surface area contributed by atoms with Gasteiger partial charge in [-0.2, -0.15) is 5.26 Å². The SMILES string of the molecule is N#Cc1ccc(NCC2CCOCC2)cc1[N+](=O)[O-]. The van der Waals surface area contributed by atoms with Crippen molar-refractivity contribution in [3.63, 3.8) is 0 Å². The van der Waals surface area contributed by atoms with Crippen molar-refractivity contribution in [2.45, 2.75) is 12.8 Å². The van der Waals surface area contributed by atoms with E-state index >= 15 is 0 Å². The van der Waals surface area contributed by atoms with Gasteiger partial charge >= 0.3 is 0 Å². The van der Waals surface area contributed by atoms with Crippen molar-refractivity contribution in [1.82, 2.24) is 0 Å². The molecule has 0 atom stereocenters. The lowest BCUT2D eigenvalue weighted by molar-refractivity contribution is -0.385. The summed E-state index contributed by atoms with van der Waals surface area (Å²) in [5, 5.41) is 22.8. The zero-order valence-electron chi connectivity index (χ0n) is 10.5. The maximum Gasteiger partial charge on any atom is 0.289 e. The van der Waals surface area contributed by atoms with E-state index in [9.17, 15) is 10.1 Å². The lowest BCUT2D eigenvalue weighted by Gasteiger charge is -2.22. The molecule has 1 aromatic rings. The highest BCUT2D eigenvalue weighted by Gasteiger charge is 2.16. The molecule has 0 radical (unpaired) electrons. The van der Waals surface area contributed by atoms with E-state index in [4.69, 9.17) is 10.00 Å². The number of nitro benzene ring substituents is 1. The summed E-state index contributed by atoms with van der Waals surface area (Å²) in [5.41, 5.74) is 0.610. The lowest BCUT2D eigenvalue weighted by Crippen LogP contribution is -2.22. The zero-order valence-corrected chi connectivity index (χ0v) is 10.5. The first kappa shape index (κ1) is 13.3. The molecule has 0 amide bonds. The van der Waals surface area contributed by atoms with Gasteiger partial charge in [0.2, 0.25) is 0 Å². The van der Waals surface area contributed by atoms with Crippen molar-refractivity contribution in [2.75, 3.05) is 25.1 Å². The van der Waals surface area contributed by atoms with E-state index in [2.05, 4.69) is 5.32 Å². The van der Waals surface area contributed by atoms with Gasteiger partial charge in [-0.05, 0) is 30.9 Å². The number of nitro groups is 1. The van der Waals surface area contributed by atoms with E-state index in [1.54, 1.807) is 6.07 Å². The maximum atomic E-state index is 10.8. The summed E-state index contributed by atoms with van der Waals surface area (Å²) in [6.07, 6.45) is 2.01. The predicted molar refractivity (Wildman–Crippen MR) is 69.8 cm³/mol. The van der Waals surface area contributed by atoms with Gasteiger partial charge in [0.25, 0.3) is 5.69 Å². The molecule has 1 N–H and O–H groups in total. The Morgan fingerprint density at radius 1 is 1.47 bits per heavy atom. The second-order valence-corrected chi connectivity index (χ2v) is 4.54. The number of nitrogens with one attached hydrogen (secondary N) is 1. The van der Waals surface area contributed by atoms with Crippen LogP contribution in [-0.4, -0.2) is 24.7 Å². The Hall–Kier alpha value is -2.13. The van der Waals surface area contributed by atoms with Gasteiger partial charge in [-0.1, -0.05) is 0 Å². The smallest absolute Gasteiger partial charge is 0.289 e. The summed E-state index contributed by atoms with van der Waals surface area (Å²) >= 11 is 0. The number of nitriles is 1. The number of ether oxygens (including phenoxy) is 1. The third-order valence-electron chi connectivity index (χ3n) is 3.25. The fourth-order valence-electron chi connectivity index (χ4n) is 2.10. The van der Waals surface area contributed by atoms with Crippen LogP contribution >= 0.6 is 0 Å². The quantitative estimate of drug-likeness (QED) is 0.663. The van der Waals surface area contributed by atoms with Gasteiger partial charge in [0.05, 0.1) is 4.92 Å². The second kappa shape index (κ2) is 6.16. The van der Waals surface area contributed by atoms with Crippen molar-refractivity contribution in [2.24, 2.45) is 5.92 Å². The Bertz CT molecular complexity index is 504. The monoisotopic (exact) mass is 261 g/mol. The molecule has 6 heteroatoms. The predicted octanol–water partition coefficient (Wildman–Crippen LogP) is 2.30. The molecule has 0 unspecified atom stereocenters. The molecule has 6 nitrogen and oxygen atoms in total. The minimum Gasteiger partial charge on any atom is -0.385 e. The molecule has 100 valence electrons. The molecule has 19 heavy (non-hydrogen) atoms. The van der Waals surface area contributed by atoms with Crippen LogP contribution in [-0.2, 0) is 4.74 Å². The highest BCUT2D eigenvalue weighted by molar-refractivity contribution is 5.59. The first-order chi connectivity index (χ1) is 9.20. The first-order valence-corrected chi connectivity index (χ1v) is 6.21. The second-order valence-electron chi connectivity index (χ2n) is 4.54. The molecule has 1 saturated heterocycles. The molecule has 0 bridgehead atoms. The third kappa shape index (κ3) is 3.42. The summed E-state index contributed by atoms with van der Waals surface area (Å²) < 4.78 is 5.28. The molecular weight excluding hydrogens is 246 g/mol. The summed E-state index contributed by atoms with van der Waals surface area (Å²) in [6.45, 7) is 2.33. The molecule has 1 heterocycles. The lowest BCUT2D eigenvalue weighted by atomic mass is 10.0. The number of hydrogen-bond acceptors (Lipinski definition) is 5. The number of nitrogens with zero attached hydrogens (tertiary/aromatic N) is 2. The van der Waals surface area contributed by atoms with Crippen molar-refractivity contribution in [3.05, 3.63) is 33.9 Å². The van der Waals surface area contributed by atoms with E-state index in [1.165, 1.54) is 12.1 Å². The Kier molecular flexibility index (Phi) is 4.31. The van der Waals surface area contributed by atoms with Crippen LogP contribution in [0, 0.1) is 27.4 Å². The Morgan fingerprint density at radius 2 is 2.21 bits per heavy atom. The van der Waals surface area contributed by atoms with Gasteiger partial charge in [0, 0.05) is 31.5 Å². The van der Waals surface area contributed by atoms with Crippen molar-refractivity contribution < 1.29 is 9.66 Å². The van der Waals surface area contributed by atoms with E-state index in [1.807, 2.05) is 6.07 Å². The van der Waals surface area contributed by atoms with Gasteiger partial charge in [-0.15, -0.1) is 0 Å². The van der Waals surface area contributed by atoms with Crippen LogP contribution in [0.5, 0.6) is 0 Å². The highest BCUT2D eigenvalue weighted by atomic mass is 16.6. The van der Waals surface area contributed by atoms with Crippen molar-refractivity contribution >= 4 is 11.4 Å². The van der Waals surface area contributed by atoms with Gasteiger partial charge < -0.3 is 10.1 Å². The highest BCUT2D eigenvalue weighted by Crippen LogP contribution is 2.23. The molecule has 1 fully saturated rings. The van der Waals surface area contributed by atoms with Gasteiger partial charge in [0.15, 0.2) is 0 Å². The molecule has 1 aromatic carbocycles. The molecule has 0 aliphatic carbocycles. The average molecular weight is 261 g/mol. The molecule has 0 saturated carbocycles. The van der Waals surface area contributed by atoms with Crippen LogP contribution in [0.3, 0.4) is 0 Å². The summed E-state index contributed by atoms with van der Waals surface area (Å²) in [6, 6.07) is 6.41. The van der Waals surface area contributed by atoms with Crippen LogP contribution in [0.25, 0.3) is 0 Å². The van der Waals surface area contributed by atoms with E-state index in [0.717, 1.165) is 32.6 Å². The molecule has 2 rings (SSSR count). The number of benzene rings is 1. The molecule has 1 aliphatic rings.